The van der Waals surface area contributed by atoms with E-state index in [1.54, 1.807) is 18.2 Å². The summed E-state index contributed by atoms with van der Waals surface area (Å²) in [5.41, 5.74) is 0. The number of hydrogen-bond acceptors (Lipinski definition) is 2. The Labute approximate surface area is 68.8 Å². The van der Waals surface area contributed by atoms with Gasteiger partial charge in [-0.25, -0.2) is 0 Å². The van der Waals surface area contributed by atoms with Crippen molar-refractivity contribution in [1.29, 1.82) is 10.8 Å². The summed E-state index contributed by atoms with van der Waals surface area (Å²) in [6, 6.07) is 7.08. The van der Waals surface area contributed by atoms with Crippen molar-refractivity contribution in [2.75, 3.05) is 0 Å². The van der Waals surface area contributed by atoms with E-state index in [-0.39, 0.29) is 0 Å². The molecule has 0 atom stereocenters. The molecule has 0 radical (unpaired) electrons. The molecular weight excluding hydrogens is 171 g/mol. The van der Waals surface area contributed by atoms with Crippen molar-refractivity contribution in [1.82, 2.24) is 0 Å². The van der Waals surface area contributed by atoms with E-state index < -0.39 is 0 Å². The lowest BCUT2D eigenvalue weighted by atomic mass is 10.4. The summed E-state index contributed by atoms with van der Waals surface area (Å²) < 4.78 is 0. The van der Waals surface area contributed by atoms with Gasteiger partial charge in [0.05, 0.1) is 0 Å². The molecule has 0 saturated heterocycles. The maximum absolute atomic E-state index is 6.00. The van der Waals surface area contributed by atoms with Gasteiger partial charge in [-0.2, -0.15) is 0 Å². The van der Waals surface area contributed by atoms with Gasteiger partial charge >= 0.3 is 0 Å². The van der Waals surface area contributed by atoms with Crippen LogP contribution in [-0.2, 0) is 0 Å². The van der Waals surface area contributed by atoms with Gasteiger partial charge in [0, 0.05) is 20.8 Å². The van der Waals surface area contributed by atoms with E-state index in [4.69, 9.17) is 34.0 Å². The average Bonchev–Trinajstić information content (AvgIpc) is 1.91. The van der Waals surface area contributed by atoms with Crippen molar-refractivity contribution in [3.05, 3.63) is 34.3 Å². The minimum Gasteiger partial charge on any atom is -0.0843 e. The molecule has 1 rings (SSSR count). The Morgan fingerprint density at radius 2 is 1.40 bits per heavy atom. The number of nitrogens with zero attached hydrogens (tertiary/aromatic N) is 2. The first-order chi connectivity index (χ1) is 4.79. The lowest BCUT2D eigenvalue weighted by Gasteiger charge is -1.86. The first-order valence-corrected chi connectivity index (χ1v) is 3.16. The summed E-state index contributed by atoms with van der Waals surface area (Å²) in [6.45, 7) is 0. The van der Waals surface area contributed by atoms with E-state index in [0.29, 0.717) is 10.0 Å². The standard InChI is InChI=1S/C6H4Cl2.N2/c7-5-2-1-3-6(8)4-5;1-2/h1-4H;. The smallest absolute Gasteiger partial charge is 0.0420 e. The molecule has 1 aromatic rings. The maximum atomic E-state index is 6.00. The molecule has 0 aliphatic carbocycles. The van der Waals surface area contributed by atoms with Crippen LogP contribution < -0.4 is 0 Å². The van der Waals surface area contributed by atoms with E-state index in [9.17, 15) is 0 Å². The van der Waals surface area contributed by atoms with E-state index >= 15 is 0 Å². The van der Waals surface area contributed by atoms with Crippen molar-refractivity contribution in [3.63, 3.8) is 0 Å². The van der Waals surface area contributed by atoms with Gasteiger partial charge in [0.15, 0.2) is 0 Å². The highest BCUT2D eigenvalue weighted by atomic mass is 35.5. The average molecular weight is 175 g/mol. The Hall–Kier alpha value is -0.780. The third kappa shape index (κ3) is 3.29. The van der Waals surface area contributed by atoms with Gasteiger partial charge < -0.3 is 0 Å². The Morgan fingerprint density at radius 3 is 1.60 bits per heavy atom. The number of rotatable bonds is 0. The topological polar surface area (TPSA) is 47.6 Å². The van der Waals surface area contributed by atoms with Crippen LogP contribution >= 0.6 is 23.2 Å². The van der Waals surface area contributed by atoms with Gasteiger partial charge in [-0.1, -0.05) is 29.3 Å². The summed E-state index contributed by atoms with van der Waals surface area (Å²) >= 11 is 11.1. The molecule has 0 spiro atoms. The highest BCUT2D eigenvalue weighted by molar-refractivity contribution is 6.34. The molecule has 10 heavy (non-hydrogen) atoms. The van der Waals surface area contributed by atoms with Crippen LogP contribution in [-0.4, -0.2) is 0 Å². The zero-order valence-corrected chi connectivity index (χ0v) is 6.47. The fourth-order valence-electron chi connectivity index (χ4n) is 0.460. The van der Waals surface area contributed by atoms with Crippen LogP contribution in [0.1, 0.15) is 0 Å². The van der Waals surface area contributed by atoms with Crippen molar-refractivity contribution in [2.45, 2.75) is 0 Å². The summed E-state index contributed by atoms with van der Waals surface area (Å²) in [6.07, 6.45) is 0. The van der Waals surface area contributed by atoms with Crippen LogP contribution in [0.15, 0.2) is 24.3 Å². The minimum absolute atomic E-state index is 0.678. The zero-order valence-electron chi connectivity index (χ0n) is 4.96. The normalized spacial score (nSPS) is 7.60. The number of benzene rings is 1. The van der Waals surface area contributed by atoms with Crippen molar-refractivity contribution in [2.24, 2.45) is 0 Å². The van der Waals surface area contributed by atoms with Crippen molar-refractivity contribution >= 4 is 23.2 Å². The van der Waals surface area contributed by atoms with Crippen LogP contribution in [0, 0.1) is 10.8 Å². The Kier molecular flexibility index (Phi) is 4.65. The van der Waals surface area contributed by atoms with Crippen LogP contribution in [0.3, 0.4) is 0 Å². The second-order valence-corrected chi connectivity index (χ2v) is 2.31. The van der Waals surface area contributed by atoms with Gasteiger partial charge in [0.2, 0.25) is 0 Å². The quantitative estimate of drug-likeness (QED) is 0.569. The highest BCUT2D eigenvalue weighted by Gasteiger charge is 1.84. The fourth-order valence-corrected chi connectivity index (χ4v) is 0.896. The van der Waals surface area contributed by atoms with Gasteiger partial charge in [0.1, 0.15) is 0 Å². The van der Waals surface area contributed by atoms with E-state index in [0.717, 1.165) is 0 Å². The van der Waals surface area contributed by atoms with Crippen LogP contribution in [0.5, 0.6) is 0 Å². The molecule has 0 N–H and O–H groups in total. The molecule has 0 aromatic heterocycles. The highest BCUT2D eigenvalue weighted by Crippen LogP contribution is 2.13. The van der Waals surface area contributed by atoms with Gasteiger partial charge in [-0.3, -0.25) is 0 Å². The van der Waals surface area contributed by atoms with Gasteiger partial charge in [0.25, 0.3) is 0 Å². The molecular formula is C6H4Cl2N2. The largest absolute Gasteiger partial charge is 0.0843 e. The molecule has 2 nitrogen and oxygen atoms in total. The van der Waals surface area contributed by atoms with Gasteiger partial charge in [-0.05, 0) is 18.2 Å². The SMILES string of the molecule is Clc1cccc(Cl)c1.N#N. The number of hydrogen-bond donors (Lipinski definition) is 0. The van der Waals surface area contributed by atoms with E-state index in [1.807, 2.05) is 6.07 Å². The molecule has 0 aliphatic rings. The van der Waals surface area contributed by atoms with Crippen molar-refractivity contribution in [3.8, 4) is 0 Å². The second-order valence-electron chi connectivity index (χ2n) is 1.44. The second kappa shape index (κ2) is 5.04. The van der Waals surface area contributed by atoms with E-state index in [2.05, 4.69) is 0 Å². The van der Waals surface area contributed by atoms with Crippen LogP contribution in [0.2, 0.25) is 10.0 Å². The summed E-state index contributed by atoms with van der Waals surface area (Å²) in [4.78, 5) is 0. The molecule has 0 heterocycles. The summed E-state index contributed by atoms with van der Waals surface area (Å²) in [7, 11) is 0. The van der Waals surface area contributed by atoms with Gasteiger partial charge in [-0.15, -0.1) is 0 Å². The lowest BCUT2D eigenvalue weighted by Crippen LogP contribution is -1.61. The molecule has 0 amide bonds. The van der Waals surface area contributed by atoms with E-state index in [1.165, 1.54) is 0 Å². The molecule has 0 unspecified atom stereocenters. The predicted molar refractivity (Wildman–Crippen MR) is 39.9 cm³/mol. The van der Waals surface area contributed by atoms with Crippen LogP contribution in [0.4, 0.5) is 0 Å². The molecule has 52 valence electrons. The first-order valence-electron chi connectivity index (χ1n) is 2.40. The Bertz CT molecular complexity index is 205. The fraction of sp³-hybridized carbons (Fsp3) is 0. The summed E-state index contributed by atoms with van der Waals surface area (Å²) in [5, 5.41) is 13.4. The third-order valence-electron chi connectivity index (χ3n) is 0.787. The Balaban J connectivity index is 0.000000371. The Morgan fingerprint density at radius 1 is 1.00 bits per heavy atom. The molecule has 4 heteroatoms. The molecule has 0 fully saturated rings. The first kappa shape index (κ1) is 9.22. The van der Waals surface area contributed by atoms with Crippen molar-refractivity contribution < 1.29 is 0 Å². The zero-order chi connectivity index (χ0) is 7.98. The molecule has 0 aliphatic heterocycles. The maximum Gasteiger partial charge on any atom is 0.0420 e. The van der Waals surface area contributed by atoms with Crippen LogP contribution in [0.25, 0.3) is 0 Å². The minimum atomic E-state index is 0.678. The monoisotopic (exact) mass is 174 g/mol. The summed E-state index contributed by atoms with van der Waals surface area (Å²) in [5.74, 6) is 0. The predicted octanol–water partition coefficient (Wildman–Crippen LogP) is 3.02. The third-order valence-corrected chi connectivity index (χ3v) is 1.26. The number of halogens is 2. The molecule has 0 saturated carbocycles. The molecule has 1 aromatic carbocycles. The molecule has 0 bridgehead atoms. The lowest BCUT2D eigenvalue weighted by molar-refractivity contribution is 1.15.